The third-order valence-corrected chi connectivity index (χ3v) is 2.75. The van der Waals surface area contributed by atoms with Crippen molar-refractivity contribution in [2.45, 2.75) is 19.4 Å². The van der Waals surface area contributed by atoms with Crippen molar-refractivity contribution < 1.29 is 9.90 Å². The fraction of sp³-hybridized carbons (Fsp3) is 0.273. The fourth-order valence-corrected chi connectivity index (χ4v) is 1.37. The Hall–Kier alpha value is -1.54. The highest BCUT2D eigenvalue weighted by Gasteiger charge is 2.12. The number of hydrogen-bond acceptors (Lipinski definition) is 3. The van der Waals surface area contributed by atoms with Gasteiger partial charge in [-0.3, -0.25) is 4.79 Å². The number of nitrogens with one attached hydrogen (secondary N) is 1. The highest BCUT2D eigenvalue weighted by Crippen LogP contribution is 2.24. The minimum absolute atomic E-state index is 0.00217. The van der Waals surface area contributed by atoms with E-state index in [1.165, 1.54) is 6.07 Å². The van der Waals surface area contributed by atoms with E-state index in [9.17, 15) is 9.90 Å². The second kappa shape index (κ2) is 5.52. The number of carbonyl (C=O) groups is 1. The van der Waals surface area contributed by atoms with Gasteiger partial charge in [0.25, 0.3) is 5.91 Å². The van der Waals surface area contributed by atoms with Crippen LogP contribution in [-0.2, 0) is 0 Å². The minimum atomic E-state index is -0.502. The summed E-state index contributed by atoms with van der Waals surface area (Å²) >= 11 is 3.12. The molecule has 1 amide bonds. The Morgan fingerprint density at radius 2 is 2.38 bits per heavy atom. The van der Waals surface area contributed by atoms with E-state index in [-0.39, 0.29) is 11.7 Å². The second-order valence-electron chi connectivity index (χ2n) is 3.23. The molecule has 0 heterocycles. The molecule has 5 heteroatoms. The molecule has 2 N–H and O–H groups in total. The van der Waals surface area contributed by atoms with Crippen LogP contribution in [-0.4, -0.2) is 17.1 Å². The van der Waals surface area contributed by atoms with Crippen LogP contribution in [0.25, 0.3) is 0 Å². The molecule has 0 fully saturated rings. The fourth-order valence-electron chi connectivity index (χ4n) is 1.12. The molecule has 0 aliphatic rings. The summed E-state index contributed by atoms with van der Waals surface area (Å²) in [5.74, 6) is -0.367. The van der Waals surface area contributed by atoms with E-state index in [1.54, 1.807) is 12.1 Å². The number of aromatic hydroxyl groups is 1. The Morgan fingerprint density at radius 3 is 2.88 bits per heavy atom. The van der Waals surface area contributed by atoms with Gasteiger partial charge < -0.3 is 10.4 Å². The maximum atomic E-state index is 11.6. The third-order valence-electron chi connectivity index (χ3n) is 2.08. The predicted molar refractivity (Wildman–Crippen MR) is 63.0 cm³/mol. The number of hydrogen-bond donors (Lipinski definition) is 2. The van der Waals surface area contributed by atoms with Gasteiger partial charge in [0.05, 0.1) is 10.5 Å². The summed E-state index contributed by atoms with van der Waals surface area (Å²) in [6.07, 6.45) is 0.546. The molecule has 0 spiro atoms. The molecular weight excluding hydrogens is 272 g/mol. The van der Waals surface area contributed by atoms with Crippen LogP contribution in [0, 0.1) is 11.3 Å². The molecule has 16 heavy (non-hydrogen) atoms. The summed E-state index contributed by atoms with van der Waals surface area (Å²) in [5.41, 5.74) is 0.328. The Balaban J connectivity index is 2.81. The molecule has 1 rings (SSSR count). The van der Waals surface area contributed by atoms with E-state index in [2.05, 4.69) is 21.2 Å². The number of rotatable bonds is 3. The zero-order valence-electron chi connectivity index (χ0n) is 8.70. The number of nitrogens with zero attached hydrogens (tertiary/aromatic N) is 1. The van der Waals surface area contributed by atoms with Gasteiger partial charge in [-0.2, -0.15) is 5.26 Å². The number of phenolic OH excluding ortho intramolecular Hbond substituents is 1. The molecule has 0 aromatic heterocycles. The van der Waals surface area contributed by atoms with Crippen LogP contribution in [0.15, 0.2) is 22.7 Å². The number of nitriles is 1. The molecule has 1 aromatic carbocycles. The lowest BCUT2D eigenvalue weighted by atomic mass is 10.1. The van der Waals surface area contributed by atoms with Gasteiger partial charge in [0, 0.05) is 5.56 Å². The van der Waals surface area contributed by atoms with E-state index >= 15 is 0 Å². The molecule has 1 unspecified atom stereocenters. The summed E-state index contributed by atoms with van der Waals surface area (Å²) in [4.78, 5) is 11.6. The van der Waals surface area contributed by atoms with Gasteiger partial charge in [-0.25, -0.2) is 0 Å². The summed E-state index contributed by atoms with van der Waals surface area (Å²) in [7, 11) is 0. The van der Waals surface area contributed by atoms with E-state index in [0.717, 1.165) is 0 Å². The molecule has 0 aliphatic heterocycles. The lowest BCUT2D eigenvalue weighted by molar-refractivity contribution is 0.0944. The van der Waals surface area contributed by atoms with E-state index in [0.29, 0.717) is 16.5 Å². The van der Waals surface area contributed by atoms with Crippen LogP contribution in [0.1, 0.15) is 23.7 Å². The quantitative estimate of drug-likeness (QED) is 0.893. The van der Waals surface area contributed by atoms with Gasteiger partial charge in [-0.1, -0.05) is 6.92 Å². The third kappa shape index (κ3) is 2.97. The van der Waals surface area contributed by atoms with Crippen molar-refractivity contribution in [2.75, 3.05) is 0 Å². The number of amides is 1. The SMILES string of the molecule is CCC(C#N)NC(=O)c1ccc(Br)c(O)c1. The summed E-state index contributed by atoms with van der Waals surface area (Å²) in [6, 6.07) is 5.98. The van der Waals surface area contributed by atoms with E-state index < -0.39 is 6.04 Å². The molecule has 4 nitrogen and oxygen atoms in total. The van der Waals surface area contributed by atoms with Crippen molar-refractivity contribution >= 4 is 21.8 Å². The minimum Gasteiger partial charge on any atom is -0.507 e. The van der Waals surface area contributed by atoms with E-state index in [1.807, 2.05) is 13.0 Å². The zero-order chi connectivity index (χ0) is 12.1. The normalized spacial score (nSPS) is 11.6. The van der Waals surface area contributed by atoms with Gasteiger partial charge in [-0.15, -0.1) is 0 Å². The molecular formula is C11H11BrN2O2. The first-order valence-electron chi connectivity index (χ1n) is 4.77. The van der Waals surface area contributed by atoms with Crippen molar-refractivity contribution in [2.24, 2.45) is 0 Å². The second-order valence-corrected chi connectivity index (χ2v) is 4.08. The van der Waals surface area contributed by atoms with Crippen molar-refractivity contribution in [3.05, 3.63) is 28.2 Å². The number of halogens is 1. The Bertz CT molecular complexity index is 440. The lowest BCUT2D eigenvalue weighted by Crippen LogP contribution is -2.33. The van der Waals surface area contributed by atoms with Crippen LogP contribution in [0.2, 0.25) is 0 Å². The summed E-state index contributed by atoms with van der Waals surface area (Å²) < 4.78 is 0.524. The average molecular weight is 283 g/mol. The van der Waals surface area contributed by atoms with Crippen LogP contribution < -0.4 is 5.32 Å². The smallest absolute Gasteiger partial charge is 0.252 e. The van der Waals surface area contributed by atoms with Crippen LogP contribution in [0.3, 0.4) is 0 Å². The van der Waals surface area contributed by atoms with Gasteiger partial charge >= 0.3 is 0 Å². The highest BCUT2D eigenvalue weighted by molar-refractivity contribution is 9.10. The number of phenols is 1. The Labute approximate surface area is 102 Å². The van der Waals surface area contributed by atoms with Crippen molar-refractivity contribution in [1.29, 1.82) is 5.26 Å². The topological polar surface area (TPSA) is 73.1 Å². The van der Waals surface area contributed by atoms with Crippen LogP contribution in [0.5, 0.6) is 5.75 Å². The molecule has 0 saturated heterocycles. The first-order chi connectivity index (χ1) is 7.58. The van der Waals surface area contributed by atoms with Gasteiger partial charge in [0.2, 0.25) is 0 Å². The average Bonchev–Trinajstić information content (AvgIpc) is 2.29. The van der Waals surface area contributed by atoms with Gasteiger partial charge in [0.15, 0.2) is 0 Å². The predicted octanol–water partition coefficient (Wildman–Crippen LogP) is 2.19. The molecule has 0 aliphatic carbocycles. The molecule has 0 saturated carbocycles. The van der Waals surface area contributed by atoms with Crippen LogP contribution >= 0.6 is 15.9 Å². The molecule has 0 radical (unpaired) electrons. The lowest BCUT2D eigenvalue weighted by Gasteiger charge is -2.09. The standard InChI is InChI=1S/C11H11BrN2O2/c1-2-8(6-13)14-11(16)7-3-4-9(12)10(15)5-7/h3-5,8,15H,2H2,1H3,(H,14,16). The molecule has 0 bridgehead atoms. The van der Waals surface area contributed by atoms with Crippen molar-refractivity contribution in [3.63, 3.8) is 0 Å². The van der Waals surface area contributed by atoms with Crippen molar-refractivity contribution in [1.82, 2.24) is 5.32 Å². The molecule has 1 atom stereocenters. The van der Waals surface area contributed by atoms with E-state index in [4.69, 9.17) is 5.26 Å². The summed E-state index contributed by atoms with van der Waals surface area (Å²) in [6.45, 7) is 1.81. The maximum absolute atomic E-state index is 11.6. The van der Waals surface area contributed by atoms with Gasteiger partial charge in [-0.05, 0) is 40.5 Å². The molecule has 84 valence electrons. The number of benzene rings is 1. The highest BCUT2D eigenvalue weighted by atomic mass is 79.9. The Kier molecular flexibility index (Phi) is 4.32. The number of carbonyl (C=O) groups excluding carboxylic acids is 1. The van der Waals surface area contributed by atoms with Crippen molar-refractivity contribution in [3.8, 4) is 11.8 Å². The summed E-state index contributed by atoms with van der Waals surface area (Å²) in [5, 5.41) is 20.7. The van der Waals surface area contributed by atoms with Crippen LogP contribution in [0.4, 0.5) is 0 Å². The maximum Gasteiger partial charge on any atom is 0.252 e. The first kappa shape index (κ1) is 12.5. The Morgan fingerprint density at radius 1 is 1.69 bits per heavy atom. The monoisotopic (exact) mass is 282 g/mol. The molecule has 1 aromatic rings. The largest absolute Gasteiger partial charge is 0.507 e. The zero-order valence-corrected chi connectivity index (χ0v) is 10.3. The van der Waals surface area contributed by atoms with Gasteiger partial charge in [0.1, 0.15) is 11.8 Å². The first-order valence-corrected chi connectivity index (χ1v) is 5.56.